The van der Waals surface area contributed by atoms with Gasteiger partial charge in [0.05, 0.1) is 11.9 Å². The highest BCUT2D eigenvalue weighted by Gasteiger charge is 2.23. The minimum atomic E-state index is -1.04. The Labute approximate surface area is 115 Å². The number of anilines is 1. The van der Waals surface area contributed by atoms with E-state index in [1.165, 1.54) is 17.1 Å². The quantitative estimate of drug-likeness (QED) is 0.562. The van der Waals surface area contributed by atoms with Crippen molar-refractivity contribution in [2.75, 3.05) is 5.32 Å². The predicted octanol–water partition coefficient (Wildman–Crippen LogP) is -0.401. The van der Waals surface area contributed by atoms with Crippen molar-refractivity contribution in [1.82, 2.24) is 15.1 Å². The van der Waals surface area contributed by atoms with Crippen molar-refractivity contribution in [2.45, 2.75) is 26.4 Å². The van der Waals surface area contributed by atoms with Crippen LogP contribution in [0.3, 0.4) is 0 Å². The summed E-state index contributed by atoms with van der Waals surface area (Å²) in [7, 11) is 0. The lowest BCUT2D eigenvalue weighted by molar-refractivity contribution is -0.137. The van der Waals surface area contributed by atoms with E-state index in [-0.39, 0.29) is 12.5 Å². The molecule has 0 aliphatic heterocycles. The van der Waals surface area contributed by atoms with Crippen LogP contribution in [0, 0.1) is 5.92 Å². The first-order chi connectivity index (χ1) is 9.29. The van der Waals surface area contributed by atoms with Gasteiger partial charge in [-0.3, -0.25) is 14.3 Å². The Morgan fingerprint density at radius 2 is 2.10 bits per heavy atom. The summed E-state index contributed by atoms with van der Waals surface area (Å²) in [4.78, 5) is 33.3. The van der Waals surface area contributed by atoms with E-state index in [0.29, 0.717) is 5.69 Å². The van der Waals surface area contributed by atoms with E-state index < -0.39 is 23.9 Å². The van der Waals surface area contributed by atoms with Gasteiger partial charge in [0.15, 0.2) is 0 Å². The van der Waals surface area contributed by atoms with Crippen molar-refractivity contribution < 1.29 is 19.5 Å². The Morgan fingerprint density at radius 3 is 2.60 bits per heavy atom. The zero-order chi connectivity index (χ0) is 15.3. The number of hydrogen-bond acceptors (Lipinski definition) is 4. The maximum Gasteiger partial charge on any atom is 0.325 e. The molecular formula is C11H17N5O4. The molecule has 9 nitrogen and oxygen atoms in total. The number of aliphatic carboxylic acids is 1. The maximum atomic E-state index is 12.0. The van der Waals surface area contributed by atoms with Crippen molar-refractivity contribution >= 4 is 23.6 Å². The molecule has 1 rings (SSSR count). The Kier molecular flexibility index (Phi) is 5.07. The molecule has 9 heteroatoms. The van der Waals surface area contributed by atoms with Crippen molar-refractivity contribution in [3.05, 3.63) is 12.4 Å². The van der Waals surface area contributed by atoms with E-state index in [1.54, 1.807) is 13.8 Å². The van der Waals surface area contributed by atoms with Gasteiger partial charge in [-0.2, -0.15) is 5.10 Å². The molecule has 1 atom stereocenters. The number of aromatic nitrogens is 2. The van der Waals surface area contributed by atoms with Crippen molar-refractivity contribution in [3.8, 4) is 0 Å². The first-order valence-electron chi connectivity index (χ1n) is 5.90. The molecule has 0 radical (unpaired) electrons. The van der Waals surface area contributed by atoms with Crippen LogP contribution in [0.5, 0.6) is 0 Å². The summed E-state index contributed by atoms with van der Waals surface area (Å²) in [6.45, 7) is 3.21. The number of nitrogens with two attached hydrogens (primary N) is 1. The van der Waals surface area contributed by atoms with Gasteiger partial charge in [0, 0.05) is 6.20 Å². The zero-order valence-electron chi connectivity index (χ0n) is 11.2. The van der Waals surface area contributed by atoms with E-state index >= 15 is 0 Å². The van der Waals surface area contributed by atoms with E-state index in [0.717, 1.165) is 0 Å². The van der Waals surface area contributed by atoms with E-state index in [2.05, 4.69) is 15.7 Å². The second kappa shape index (κ2) is 6.55. The molecule has 1 aromatic heterocycles. The summed E-state index contributed by atoms with van der Waals surface area (Å²) in [6.07, 6.45) is 2.70. The molecule has 0 saturated heterocycles. The Hall–Kier alpha value is -2.58. The van der Waals surface area contributed by atoms with Crippen LogP contribution in [0.15, 0.2) is 12.4 Å². The minimum absolute atomic E-state index is 0.156. The number of rotatable bonds is 6. The van der Waals surface area contributed by atoms with Crippen LogP contribution in [0.1, 0.15) is 13.8 Å². The second-order valence-corrected chi connectivity index (χ2v) is 4.54. The maximum absolute atomic E-state index is 12.0. The molecule has 0 fully saturated rings. The predicted molar refractivity (Wildman–Crippen MR) is 69.8 cm³/mol. The minimum Gasteiger partial charge on any atom is -0.480 e. The number of carboxylic acid groups (broad SMARTS) is 1. The third-order valence-electron chi connectivity index (χ3n) is 2.44. The fourth-order valence-electron chi connectivity index (χ4n) is 1.56. The lowest BCUT2D eigenvalue weighted by Crippen LogP contribution is -2.49. The lowest BCUT2D eigenvalue weighted by Gasteiger charge is -2.19. The monoisotopic (exact) mass is 283 g/mol. The van der Waals surface area contributed by atoms with Crippen LogP contribution >= 0.6 is 0 Å². The van der Waals surface area contributed by atoms with Crippen LogP contribution in [0.2, 0.25) is 0 Å². The summed E-state index contributed by atoms with van der Waals surface area (Å²) in [5.41, 5.74) is 5.35. The number of carbonyl (C=O) groups excluding carboxylic acids is 2. The van der Waals surface area contributed by atoms with Gasteiger partial charge in [0.2, 0.25) is 5.91 Å². The Balaban J connectivity index is 2.70. The topological polar surface area (TPSA) is 139 Å². The molecule has 3 amide bonds. The number of urea groups is 1. The van der Waals surface area contributed by atoms with Gasteiger partial charge in [-0.05, 0) is 5.92 Å². The third-order valence-corrected chi connectivity index (χ3v) is 2.44. The molecule has 0 saturated carbocycles. The van der Waals surface area contributed by atoms with Gasteiger partial charge in [-0.1, -0.05) is 13.8 Å². The fourth-order valence-corrected chi connectivity index (χ4v) is 1.56. The molecule has 5 N–H and O–H groups in total. The van der Waals surface area contributed by atoms with E-state index in [4.69, 9.17) is 10.8 Å². The van der Waals surface area contributed by atoms with Crippen LogP contribution in [0.4, 0.5) is 10.5 Å². The normalized spacial score (nSPS) is 11.9. The smallest absolute Gasteiger partial charge is 0.325 e. The molecule has 0 spiro atoms. The van der Waals surface area contributed by atoms with Crippen LogP contribution in [0.25, 0.3) is 0 Å². The largest absolute Gasteiger partial charge is 0.480 e. The standard InChI is InChI=1S/C11H17N5O4/c1-6(2)9(15-11(12)20)10(19)14-7-3-13-16(4-7)5-8(17)18/h3-4,6,9H,5H2,1-2H3,(H,14,19)(H,17,18)(H3,12,15,20). The number of carboxylic acids is 1. The molecule has 0 aliphatic rings. The molecule has 1 heterocycles. The van der Waals surface area contributed by atoms with Gasteiger partial charge >= 0.3 is 12.0 Å². The SMILES string of the molecule is CC(C)C(NC(N)=O)C(=O)Nc1cnn(CC(=O)O)c1. The number of carbonyl (C=O) groups is 3. The summed E-state index contributed by atoms with van der Waals surface area (Å²) in [5.74, 6) is -1.65. The number of nitrogens with zero attached hydrogens (tertiary/aromatic N) is 2. The van der Waals surface area contributed by atoms with Crippen LogP contribution in [-0.2, 0) is 16.1 Å². The Morgan fingerprint density at radius 1 is 1.45 bits per heavy atom. The molecule has 0 aliphatic carbocycles. The molecule has 1 unspecified atom stereocenters. The second-order valence-electron chi connectivity index (χ2n) is 4.54. The molecule has 110 valence electrons. The lowest BCUT2D eigenvalue weighted by atomic mass is 10.0. The van der Waals surface area contributed by atoms with Gasteiger partial charge in [-0.15, -0.1) is 0 Å². The van der Waals surface area contributed by atoms with Gasteiger partial charge < -0.3 is 21.5 Å². The van der Waals surface area contributed by atoms with Gasteiger partial charge in [-0.25, -0.2) is 4.79 Å². The number of primary amides is 1. The highest BCUT2D eigenvalue weighted by atomic mass is 16.4. The Bertz CT molecular complexity index is 511. The van der Waals surface area contributed by atoms with E-state index in [1.807, 2.05) is 0 Å². The molecule has 1 aromatic rings. The summed E-state index contributed by atoms with van der Waals surface area (Å²) >= 11 is 0. The van der Waals surface area contributed by atoms with E-state index in [9.17, 15) is 14.4 Å². The first-order valence-corrected chi connectivity index (χ1v) is 5.90. The summed E-state index contributed by atoms with van der Waals surface area (Å²) in [6, 6.07) is -1.57. The zero-order valence-corrected chi connectivity index (χ0v) is 11.2. The molecule has 0 bridgehead atoms. The summed E-state index contributed by atoms with van der Waals surface area (Å²) < 4.78 is 1.17. The average molecular weight is 283 g/mol. The molecular weight excluding hydrogens is 266 g/mol. The fraction of sp³-hybridized carbons (Fsp3) is 0.455. The number of amides is 3. The first kappa shape index (κ1) is 15.5. The van der Waals surface area contributed by atoms with Crippen molar-refractivity contribution in [3.63, 3.8) is 0 Å². The van der Waals surface area contributed by atoms with Crippen LogP contribution in [-0.4, -0.2) is 38.8 Å². The highest BCUT2D eigenvalue weighted by Crippen LogP contribution is 2.09. The van der Waals surface area contributed by atoms with Crippen molar-refractivity contribution in [2.24, 2.45) is 11.7 Å². The third kappa shape index (κ3) is 4.59. The molecule has 0 aromatic carbocycles. The molecule has 20 heavy (non-hydrogen) atoms. The average Bonchev–Trinajstić information content (AvgIpc) is 2.71. The highest BCUT2D eigenvalue weighted by molar-refractivity contribution is 5.96. The van der Waals surface area contributed by atoms with Crippen LogP contribution < -0.4 is 16.4 Å². The number of nitrogens with one attached hydrogen (secondary N) is 2. The van der Waals surface area contributed by atoms with Crippen molar-refractivity contribution in [1.29, 1.82) is 0 Å². The van der Waals surface area contributed by atoms with Gasteiger partial charge in [0.1, 0.15) is 12.6 Å². The van der Waals surface area contributed by atoms with Gasteiger partial charge in [0.25, 0.3) is 0 Å². The number of hydrogen-bond donors (Lipinski definition) is 4. The summed E-state index contributed by atoms with van der Waals surface area (Å²) in [5, 5.41) is 17.3.